The molecule has 0 saturated carbocycles. The summed E-state index contributed by atoms with van der Waals surface area (Å²) < 4.78 is 0. The van der Waals surface area contributed by atoms with Crippen LogP contribution in [0.15, 0.2) is 78.0 Å². The second-order valence-electron chi connectivity index (χ2n) is 5.40. The highest BCUT2D eigenvalue weighted by atomic mass is 16.7. The molecule has 0 spiro atoms. The second kappa shape index (κ2) is 7.40. The van der Waals surface area contributed by atoms with Crippen LogP contribution in [0.4, 0.5) is 10.5 Å². The van der Waals surface area contributed by atoms with Gasteiger partial charge < -0.3 is 0 Å². The van der Waals surface area contributed by atoms with E-state index in [1.807, 2.05) is 42.5 Å². The van der Waals surface area contributed by atoms with Gasteiger partial charge in [-0.25, -0.2) is 4.79 Å². The van der Waals surface area contributed by atoms with E-state index < -0.39 is 6.09 Å². The van der Waals surface area contributed by atoms with Crippen molar-refractivity contribution >= 4 is 34.0 Å². The fourth-order valence-electron chi connectivity index (χ4n) is 2.42. The smallest absolute Gasteiger partial charge is 0.297 e. The first-order valence-electron chi connectivity index (χ1n) is 7.75. The highest BCUT2D eigenvalue weighted by molar-refractivity contribution is 6.45. The van der Waals surface area contributed by atoms with Crippen LogP contribution < -0.4 is 5.32 Å². The standard InChI is InChI=1S/C20H16N2O3/c1-14(19(23)16-9-3-2-4-10-16)22-25-20(24)21-18-13-7-11-15-8-5-6-12-17(15)18/h2-13H,1H3,(H,21,24)/b22-14-. The molecule has 0 aliphatic carbocycles. The number of benzene rings is 3. The monoisotopic (exact) mass is 332 g/mol. The highest BCUT2D eigenvalue weighted by Crippen LogP contribution is 2.23. The first-order chi connectivity index (χ1) is 12.1. The average Bonchev–Trinajstić information content (AvgIpc) is 2.66. The normalized spacial score (nSPS) is 11.2. The molecule has 3 rings (SSSR count). The molecule has 0 aliphatic rings. The van der Waals surface area contributed by atoms with E-state index in [1.54, 1.807) is 30.3 Å². The Bertz CT molecular complexity index is 944. The lowest BCUT2D eigenvalue weighted by Gasteiger charge is -2.07. The van der Waals surface area contributed by atoms with Gasteiger partial charge in [0, 0.05) is 10.9 Å². The number of nitrogens with one attached hydrogen (secondary N) is 1. The molecule has 0 unspecified atom stereocenters. The van der Waals surface area contributed by atoms with Crippen LogP contribution >= 0.6 is 0 Å². The van der Waals surface area contributed by atoms with E-state index in [9.17, 15) is 9.59 Å². The Morgan fingerprint density at radius 3 is 2.36 bits per heavy atom. The molecule has 3 aromatic rings. The molecular weight excluding hydrogens is 316 g/mol. The fourth-order valence-corrected chi connectivity index (χ4v) is 2.42. The number of oxime groups is 1. The van der Waals surface area contributed by atoms with E-state index in [4.69, 9.17) is 4.84 Å². The van der Waals surface area contributed by atoms with E-state index >= 15 is 0 Å². The Morgan fingerprint density at radius 2 is 1.56 bits per heavy atom. The SMILES string of the molecule is C/C(=N/OC(=O)Nc1cccc2ccccc12)C(=O)c1ccccc1. The number of anilines is 1. The van der Waals surface area contributed by atoms with E-state index in [0.29, 0.717) is 11.3 Å². The zero-order valence-electron chi connectivity index (χ0n) is 13.6. The fraction of sp³-hybridized carbons (Fsp3) is 0.0500. The van der Waals surface area contributed by atoms with Gasteiger partial charge in [-0.15, -0.1) is 0 Å². The second-order valence-corrected chi connectivity index (χ2v) is 5.40. The molecule has 0 radical (unpaired) electrons. The van der Waals surface area contributed by atoms with Crippen molar-refractivity contribution in [2.75, 3.05) is 5.32 Å². The predicted octanol–water partition coefficient (Wildman–Crippen LogP) is 4.65. The van der Waals surface area contributed by atoms with Gasteiger partial charge in [0.2, 0.25) is 5.78 Å². The number of carbonyl (C=O) groups is 2. The van der Waals surface area contributed by atoms with Crippen LogP contribution in [0, 0.1) is 0 Å². The summed E-state index contributed by atoms with van der Waals surface area (Å²) in [4.78, 5) is 28.9. The Morgan fingerprint density at radius 1 is 0.880 bits per heavy atom. The van der Waals surface area contributed by atoms with Crippen LogP contribution in [-0.4, -0.2) is 17.6 Å². The first-order valence-corrected chi connectivity index (χ1v) is 7.75. The number of carbonyl (C=O) groups excluding carboxylic acids is 2. The molecule has 0 heterocycles. The summed E-state index contributed by atoms with van der Waals surface area (Å²) >= 11 is 0. The van der Waals surface area contributed by atoms with Crippen molar-refractivity contribution in [1.29, 1.82) is 0 Å². The molecule has 1 amide bonds. The third-order valence-electron chi connectivity index (χ3n) is 3.66. The summed E-state index contributed by atoms with van der Waals surface area (Å²) in [5, 5.41) is 8.16. The number of amides is 1. The lowest BCUT2D eigenvalue weighted by molar-refractivity contribution is 0.105. The van der Waals surface area contributed by atoms with Crippen LogP contribution in [-0.2, 0) is 4.84 Å². The average molecular weight is 332 g/mol. The zero-order chi connectivity index (χ0) is 17.6. The number of hydrogen-bond acceptors (Lipinski definition) is 4. The van der Waals surface area contributed by atoms with Crippen LogP contribution in [0.3, 0.4) is 0 Å². The van der Waals surface area contributed by atoms with Crippen molar-refractivity contribution in [2.24, 2.45) is 5.16 Å². The molecule has 0 aromatic heterocycles. The van der Waals surface area contributed by atoms with Gasteiger partial charge in [0.05, 0.1) is 5.69 Å². The minimum absolute atomic E-state index is 0.0965. The van der Waals surface area contributed by atoms with Crippen LogP contribution in [0.2, 0.25) is 0 Å². The molecule has 0 atom stereocenters. The maximum Gasteiger partial charge on any atom is 0.437 e. The topological polar surface area (TPSA) is 67.8 Å². The lowest BCUT2D eigenvalue weighted by Crippen LogP contribution is -2.15. The maximum atomic E-state index is 12.1. The number of nitrogens with zero attached hydrogens (tertiary/aromatic N) is 1. The van der Waals surface area contributed by atoms with Crippen LogP contribution in [0.1, 0.15) is 17.3 Å². The Labute approximate surface area is 144 Å². The summed E-state index contributed by atoms with van der Waals surface area (Å²) in [6.45, 7) is 1.50. The van der Waals surface area contributed by atoms with Crippen LogP contribution in [0.25, 0.3) is 10.8 Å². The minimum Gasteiger partial charge on any atom is -0.297 e. The van der Waals surface area contributed by atoms with Crippen molar-refractivity contribution in [3.05, 3.63) is 78.4 Å². The van der Waals surface area contributed by atoms with E-state index in [0.717, 1.165) is 10.8 Å². The summed E-state index contributed by atoms with van der Waals surface area (Å²) in [6, 6.07) is 21.9. The Balaban J connectivity index is 1.69. The van der Waals surface area contributed by atoms with E-state index in [2.05, 4.69) is 10.5 Å². The highest BCUT2D eigenvalue weighted by Gasteiger charge is 2.11. The molecule has 0 bridgehead atoms. The van der Waals surface area contributed by atoms with Gasteiger partial charge in [-0.1, -0.05) is 71.9 Å². The number of ketones is 1. The number of fused-ring (bicyclic) bond motifs is 1. The van der Waals surface area contributed by atoms with Gasteiger partial charge >= 0.3 is 6.09 Å². The van der Waals surface area contributed by atoms with Crippen molar-refractivity contribution in [1.82, 2.24) is 0 Å². The molecule has 3 aromatic carbocycles. The van der Waals surface area contributed by atoms with E-state index in [-0.39, 0.29) is 11.5 Å². The summed E-state index contributed by atoms with van der Waals surface area (Å²) in [5.74, 6) is -0.293. The van der Waals surface area contributed by atoms with Crippen LogP contribution in [0.5, 0.6) is 0 Å². The van der Waals surface area contributed by atoms with E-state index in [1.165, 1.54) is 6.92 Å². The predicted molar refractivity (Wildman–Crippen MR) is 97.9 cm³/mol. The molecule has 0 aliphatic heterocycles. The molecule has 0 saturated heterocycles. The number of Topliss-reactive ketones (excluding diaryl/α,β-unsaturated/α-hetero) is 1. The van der Waals surface area contributed by atoms with Crippen molar-refractivity contribution in [2.45, 2.75) is 6.92 Å². The summed E-state index contributed by atoms with van der Waals surface area (Å²) in [5.41, 5.74) is 1.20. The molecule has 25 heavy (non-hydrogen) atoms. The maximum absolute atomic E-state index is 12.1. The third-order valence-corrected chi connectivity index (χ3v) is 3.66. The van der Waals surface area contributed by atoms with Gasteiger partial charge in [-0.05, 0) is 18.4 Å². The van der Waals surface area contributed by atoms with Crippen molar-refractivity contribution < 1.29 is 14.4 Å². The van der Waals surface area contributed by atoms with Gasteiger partial charge in [-0.2, -0.15) is 0 Å². The van der Waals surface area contributed by atoms with Crippen molar-refractivity contribution in [3.63, 3.8) is 0 Å². The Kier molecular flexibility index (Phi) is 4.85. The van der Waals surface area contributed by atoms with Gasteiger partial charge in [0.15, 0.2) is 0 Å². The van der Waals surface area contributed by atoms with Gasteiger partial charge in [0.25, 0.3) is 0 Å². The molecular formula is C20H16N2O3. The molecule has 1 N–H and O–H groups in total. The summed E-state index contributed by atoms with van der Waals surface area (Å²) in [6.07, 6.45) is -0.753. The first kappa shape index (κ1) is 16.4. The van der Waals surface area contributed by atoms with Gasteiger partial charge in [-0.3, -0.25) is 14.9 Å². The number of rotatable bonds is 4. The third kappa shape index (κ3) is 3.90. The quantitative estimate of drug-likeness (QED) is 0.327. The summed E-state index contributed by atoms with van der Waals surface area (Å²) in [7, 11) is 0. The minimum atomic E-state index is -0.753. The largest absolute Gasteiger partial charge is 0.437 e. The number of hydrogen-bond donors (Lipinski definition) is 1. The lowest BCUT2D eigenvalue weighted by atomic mass is 10.1. The van der Waals surface area contributed by atoms with Gasteiger partial charge in [0.1, 0.15) is 5.71 Å². The van der Waals surface area contributed by atoms with Crippen molar-refractivity contribution in [3.8, 4) is 0 Å². The Hall–Kier alpha value is -3.47. The molecule has 5 nitrogen and oxygen atoms in total. The molecule has 124 valence electrons. The zero-order valence-corrected chi connectivity index (χ0v) is 13.6. The molecule has 5 heteroatoms. The molecule has 0 fully saturated rings.